The van der Waals surface area contributed by atoms with Crippen LogP contribution in [-0.2, 0) is 9.53 Å². The summed E-state index contributed by atoms with van der Waals surface area (Å²) in [6.45, 7) is 9.07. The molecule has 0 amide bonds. The van der Waals surface area contributed by atoms with Crippen LogP contribution in [0, 0.1) is 5.41 Å². The molecule has 0 spiro atoms. The average Bonchev–Trinajstić information content (AvgIpc) is 2.14. The Morgan fingerprint density at radius 1 is 1.29 bits per heavy atom. The van der Waals surface area contributed by atoms with Crippen molar-refractivity contribution in [1.29, 1.82) is 0 Å². The molecule has 3 nitrogen and oxygen atoms in total. The first-order valence-electron chi connectivity index (χ1n) is 5.04. The molecule has 0 N–H and O–H groups in total. The smallest absolute Gasteiger partial charge is 0.162 e. The molecule has 0 aromatic carbocycles. The molecule has 1 saturated heterocycles. The van der Waals surface area contributed by atoms with Gasteiger partial charge in [0.15, 0.2) is 5.78 Å². The van der Waals surface area contributed by atoms with Crippen molar-refractivity contribution in [3.63, 3.8) is 0 Å². The van der Waals surface area contributed by atoms with Gasteiger partial charge >= 0.3 is 0 Å². The van der Waals surface area contributed by atoms with Gasteiger partial charge in [-0.3, -0.25) is 4.79 Å². The van der Waals surface area contributed by atoms with Crippen molar-refractivity contribution in [3.05, 3.63) is 12.3 Å². The maximum atomic E-state index is 11.6. The number of hydrogen-bond acceptors (Lipinski definition) is 3. The fraction of sp³-hybridized carbons (Fsp3) is 0.727. The predicted molar refractivity (Wildman–Crippen MR) is 56.0 cm³/mol. The number of carbonyl (C=O) groups is 1. The van der Waals surface area contributed by atoms with E-state index in [0.29, 0.717) is 0 Å². The molecule has 80 valence electrons. The highest BCUT2D eigenvalue weighted by molar-refractivity contribution is 5.93. The van der Waals surface area contributed by atoms with Crippen LogP contribution in [0.1, 0.15) is 20.8 Å². The lowest BCUT2D eigenvalue weighted by Gasteiger charge is -2.25. The lowest BCUT2D eigenvalue weighted by Crippen LogP contribution is -2.32. The van der Waals surface area contributed by atoms with E-state index in [-0.39, 0.29) is 11.2 Å². The van der Waals surface area contributed by atoms with Crippen molar-refractivity contribution in [3.8, 4) is 0 Å². The molecule has 0 unspecified atom stereocenters. The molecular formula is C11H19NO2. The third kappa shape index (κ3) is 3.50. The van der Waals surface area contributed by atoms with Crippen LogP contribution in [0.15, 0.2) is 12.3 Å². The molecule has 1 aliphatic heterocycles. The molecule has 14 heavy (non-hydrogen) atoms. The third-order valence-electron chi connectivity index (χ3n) is 2.22. The summed E-state index contributed by atoms with van der Waals surface area (Å²) < 4.78 is 5.21. The highest BCUT2D eigenvalue weighted by Crippen LogP contribution is 2.15. The number of hydrogen-bond donors (Lipinski definition) is 0. The van der Waals surface area contributed by atoms with Crippen LogP contribution < -0.4 is 0 Å². The monoisotopic (exact) mass is 197 g/mol. The molecule has 0 atom stereocenters. The van der Waals surface area contributed by atoms with Gasteiger partial charge < -0.3 is 9.64 Å². The predicted octanol–water partition coefficient (Wildman–Crippen LogP) is 1.45. The topological polar surface area (TPSA) is 29.5 Å². The molecule has 1 heterocycles. The Hall–Kier alpha value is -0.830. The van der Waals surface area contributed by atoms with Crippen LogP contribution in [-0.4, -0.2) is 37.0 Å². The lowest BCUT2D eigenvalue weighted by molar-refractivity contribution is -0.121. The number of rotatable bonds is 2. The van der Waals surface area contributed by atoms with Crippen molar-refractivity contribution < 1.29 is 9.53 Å². The van der Waals surface area contributed by atoms with E-state index in [9.17, 15) is 4.79 Å². The minimum Gasteiger partial charge on any atom is -0.378 e. The van der Waals surface area contributed by atoms with Crippen LogP contribution in [0.2, 0.25) is 0 Å². The fourth-order valence-corrected chi connectivity index (χ4v) is 1.15. The summed E-state index contributed by atoms with van der Waals surface area (Å²) in [4.78, 5) is 13.7. The first kappa shape index (κ1) is 11.2. The second kappa shape index (κ2) is 4.60. The fourth-order valence-electron chi connectivity index (χ4n) is 1.15. The molecule has 0 aromatic heterocycles. The van der Waals surface area contributed by atoms with E-state index >= 15 is 0 Å². The van der Waals surface area contributed by atoms with Crippen molar-refractivity contribution >= 4 is 5.78 Å². The normalized spacial score (nSPS) is 18.9. The van der Waals surface area contributed by atoms with Gasteiger partial charge in [0.1, 0.15) is 0 Å². The van der Waals surface area contributed by atoms with Crippen LogP contribution in [0.4, 0.5) is 0 Å². The minimum absolute atomic E-state index is 0.170. The number of ketones is 1. The standard InChI is InChI=1S/C11H19NO2/c1-11(2,3)10(13)4-5-12-6-8-14-9-7-12/h4-5H,6-9H2,1-3H3. The van der Waals surface area contributed by atoms with E-state index in [1.54, 1.807) is 6.08 Å². The molecule has 1 aliphatic rings. The maximum absolute atomic E-state index is 11.6. The van der Waals surface area contributed by atoms with Crippen LogP contribution in [0.25, 0.3) is 0 Å². The van der Waals surface area contributed by atoms with Crippen molar-refractivity contribution in [1.82, 2.24) is 4.90 Å². The largest absolute Gasteiger partial charge is 0.378 e. The number of nitrogens with zero attached hydrogens (tertiary/aromatic N) is 1. The number of carbonyl (C=O) groups excluding carboxylic acids is 1. The Morgan fingerprint density at radius 2 is 1.86 bits per heavy atom. The second-order valence-electron chi connectivity index (χ2n) is 4.58. The van der Waals surface area contributed by atoms with Crippen LogP contribution >= 0.6 is 0 Å². The molecule has 0 saturated carbocycles. The summed E-state index contributed by atoms with van der Waals surface area (Å²) in [5.74, 6) is 0.170. The van der Waals surface area contributed by atoms with Crippen molar-refractivity contribution in [2.75, 3.05) is 26.3 Å². The van der Waals surface area contributed by atoms with E-state index in [1.165, 1.54) is 0 Å². The van der Waals surface area contributed by atoms with Crippen LogP contribution in [0.5, 0.6) is 0 Å². The van der Waals surface area contributed by atoms with E-state index < -0.39 is 0 Å². The second-order valence-corrected chi connectivity index (χ2v) is 4.58. The Kier molecular flexibility index (Phi) is 3.69. The summed E-state index contributed by atoms with van der Waals surface area (Å²) in [6.07, 6.45) is 3.56. The van der Waals surface area contributed by atoms with Gasteiger partial charge in [-0.15, -0.1) is 0 Å². The molecule has 0 aromatic rings. The van der Waals surface area contributed by atoms with Gasteiger partial charge in [-0.1, -0.05) is 20.8 Å². The Balaban J connectivity index is 2.42. The summed E-state index contributed by atoms with van der Waals surface area (Å²) in [5, 5.41) is 0. The van der Waals surface area contributed by atoms with Gasteiger partial charge in [-0.05, 0) is 6.08 Å². The van der Waals surface area contributed by atoms with Gasteiger partial charge in [-0.25, -0.2) is 0 Å². The van der Waals surface area contributed by atoms with E-state index in [1.807, 2.05) is 27.0 Å². The zero-order valence-corrected chi connectivity index (χ0v) is 9.25. The molecule has 0 aliphatic carbocycles. The van der Waals surface area contributed by atoms with Gasteiger partial charge in [0.25, 0.3) is 0 Å². The molecule has 0 radical (unpaired) electrons. The molecule has 3 heteroatoms. The maximum Gasteiger partial charge on any atom is 0.162 e. The molecule has 1 fully saturated rings. The zero-order chi connectivity index (χ0) is 10.6. The van der Waals surface area contributed by atoms with E-state index in [0.717, 1.165) is 26.3 Å². The number of morpholine rings is 1. The quantitative estimate of drug-likeness (QED) is 0.627. The van der Waals surface area contributed by atoms with Crippen molar-refractivity contribution in [2.45, 2.75) is 20.8 Å². The molecule has 1 rings (SSSR count). The zero-order valence-electron chi connectivity index (χ0n) is 9.25. The van der Waals surface area contributed by atoms with Crippen LogP contribution in [0.3, 0.4) is 0 Å². The molecule has 0 bridgehead atoms. The van der Waals surface area contributed by atoms with Crippen molar-refractivity contribution in [2.24, 2.45) is 5.41 Å². The Labute approximate surface area is 85.7 Å². The summed E-state index contributed by atoms with van der Waals surface area (Å²) >= 11 is 0. The number of allylic oxidation sites excluding steroid dienone is 1. The Morgan fingerprint density at radius 3 is 2.36 bits per heavy atom. The summed E-state index contributed by atoms with van der Waals surface area (Å²) in [5.41, 5.74) is -0.275. The van der Waals surface area contributed by atoms with E-state index in [2.05, 4.69) is 4.90 Å². The van der Waals surface area contributed by atoms with Gasteiger partial charge in [0.05, 0.1) is 13.2 Å². The minimum atomic E-state index is -0.275. The first-order chi connectivity index (χ1) is 6.50. The summed E-state index contributed by atoms with van der Waals surface area (Å²) in [6, 6.07) is 0. The highest BCUT2D eigenvalue weighted by atomic mass is 16.5. The first-order valence-corrected chi connectivity index (χ1v) is 5.04. The number of ether oxygens (including phenoxy) is 1. The lowest BCUT2D eigenvalue weighted by atomic mass is 9.91. The highest BCUT2D eigenvalue weighted by Gasteiger charge is 2.18. The Bertz CT molecular complexity index is 222. The van der Waals surface area contributed by atoms with E-state index in [4.69, 9.17) is 4.74 Å². The molecular weight excluding hydrogens is 178 g/mol. The van der Waals surface area contributed by atoms with Gasteiger partial charge in [0.2, 0.25) is 0 Å². The SMILES string of the molecule is CC(C)(C)C(=O)C=CN1CCOCC1. The van der Waals surface area contributed by atoms with Gasteiger partial charge in [-0.2, -0.15) is 0 Å². The summed E-state index contributed by atoms with van der Waals surface area (Å²) in [7, 11) is 0. The third-order valence-corrected chi connectivity index (χ3v) is 2.22. The average molecular weight is 197 g/mol. The van der Waals surface area contributed by atoms with Gasteiger partial charge in [0, 0.05) is 24.7 Å².